The number of aromatic nitrogens is 1. The maximum absolute atomic E-state index is 11.4. The monoisotopic (exact) mass is 251 g/mol. The minimum atomic E-state index is -1.20. The van der Waals surface area contributed by atoms with Crippen LogP contribution in [0.5, 0.6) is 0 Å². The molecule has 0 fully saturated rings. The molecule has 0 aliphatic carbocycles. The number of rotatable bonds is 4. The van der Waals surface area contributed by atoms with Gasteiger partial charge in [0, 0.05) is 11.8 Å². The molecule has 0 unspecified atom stereocenters. The van der Waals surface area contributed by atoms with E-state index in [0.29, 0.717) is 11.1 Å². The van der Waals surface area contributed by atoms with Gasteiger partial charge in [-0.3, -0.25) is 0 Å². The van der Waals surface area contributed by atoms with Crippen molar-refractivity contribution in [3.05, 3.63) is 28.6 Å². The number of aromatic carboxylic acids is 2. The highest BCUT2D eigenvalue weighted by molar-refractivity contribution is 5.96. The predicted molar refractivity (Wildman–Crippen MR) is 66.3 cm³/mol. The summed E-state index contributed by atoms with van der Waals surface area (Å²) in [5.41, 5.74) is 0.761. The second kappa shape index (κ2) is 5.16. The number of carbonyl (C=O) groups is 2. The molecule has 1 aromatic heterocycles. The van der Waals surface area contributed by atoms with E-state index in [1.54, 1.807) is 13.8 Å². The molecule has 5 nitrogen and oxygen atoms in total. The largest absolute Gasteiger partial charge is 0.478 e. The van der Waals surface area contributed by atoms with Crippen LogP contribution in [0, 0.1) is 0 Å². The third-order valence-corrected chi connectivity index (χ3v) is 2.76. The fourth-order valence-electron chi connectivity index (χ4n) is 1.95. The second-order valence-electron chi connectivity index (χ2n) is 4.77. The first-order valence-electron chi connectivity index (χ1n) is 5.76. The number of nitrogens with zero attached hydrogens (tertiary/aromatic N) is 1. The highest BCUT2D eigenvalue weighted by Gasteiger charge is 2.26. The summed E-state index contributed by atoms with van der Waals surface area (Å²) in [5, 5.41) is 18.4. The Bertz CT molecular complexity index is 492. The van der Waals surface area contributed by atoms with Gasteiger partial charge < -0.3 is 10.2 Å². The van der Waals surface area contributed by atoms with Crippen molar-refractivity contribution in [2.45, 2.75) is 39.5 Å². The summed E-state index contributed by atoms with van der Waals surface area (Å²) in [6.07, 6.45) is 1.35. The highest BCUT2D eigenvalue weighted by Crippen LogP contribution is 2.29. The van der Waals surface area contributed by atoms with Crippen molar-refractivity contribution in [2.75, 3.05) is 0 Å². The fraction of sp³-hybridized carbons (Fsp3) is 0.462. The van der Waals surface area contributed by atoms with Crippen molar-refractivity contribution < 1.29 is 19.8 Å². The quantitative estimate of drug-likeness (QED) is 0.859. The zero-order chi connectivity index (χ0) is 14.0. The van der Waals surface area contributed by atoms with Crippen LogP contribution in [0.15, 0.2) is 6.20 Å². The summed E-state index contributed by atoms with van der Waals surface area (Å²) < 4.78 is 0. The normalized spacial score (nSPS) is 11.0. The molecule has 1 heterocycles. The number of pyridine rings is 1. The average Bonchev–Trinajstić information content (AvgIpc) is 2.26. The van der Waals surface area contributed by atoms with E-state index in [2.05, 4.69) is 4.98 Å². The first kappa shape index (κ1) is 14.2. The van der Waals surface area contributed by atoms with Crippen LogP contribution in [0.3, 0.4) is 0 Å². The van der Waals surface area contributed by atoms with Gasteiger partial charge in [0.25, 0.3) is 0 Å². The molecule has 18 heavy (non-hydrogen) atoms. The van der Waals surface area contributed by atoms with Crippen LogP contribution >= 0.6 is 0 Å². The number of carboxylic acid groups (broad SMARTS) is 2. The third-order valence-electron chi connectivity index (χ3n) is 2.76. The molecule has 98 valence electrons. The van der Waals surface area contributed by atoms with Gasteiger partial charge >= 0.3 is 11.9 Å². The summed E-state index contributed by atoms with van der Waals surface area (Å²) in [7, 11) is 0. The Balaban J connectivity index is 3.71. The molecule has 0 saturated carbocycles. The summed E-state index contributed by atoms with van der Waals surface area (Å²) in [4.78, 5) is 26.4. The zero-order valence-electron chi connectivity index (χ0n) is 10.9. The summed E-state index contributed by atoms with van der Waals surface area (Å²) >= 11 is 0. The van der Waals surface area contributed by atoms with Crippen LogP contribution in [0.25, 0.3) is 0 Å². The van der Waals surface area contributed by atoms with Crippen LogP contribution < -0.4 is 0 Å². The SMILES string of the molecule is CC(C)c1cnc(C(=O)O)c(C(C)C)c1C(=O)O. The molecule has 0 aliphatic heterocycles. The van der Waals surface area contributed by atoms with E-state index in [1.807, 2.05) is 13.8 Å². The van der Waals surface area contributed by atoms with Crippen LogP contribution in [0.4, 0.5) is 0 Å². The third kappa shape index (κ3) is 2.50. The summed E-state index contributed by atoms with van der Waals surface area (Å²) in [6, 6.07) is 0. The van der Waals surface area contributed by atoms with Crippen LogP contribution in [-0.2, 0) is 0 Å². The van der Waals surface area contributed by atoms with Gasteiger partial charge in [-0.15, -0.1) is 0 Å². The lowest BCUT2D eigenvalue weighted by Crippen LogP contribution is -2.16. The Labute approximate surface area is 105 Å². The Morgan fingerprint density at radius 2 is 1.61 bits per heavy atom. The van der Waals surface area contributed by atoms with Crippen LogP contribution in [-0.4, -0.2) is 27.1 Å². The lowest BCUT2D eigenvalue weighted by Gasteiger charge is -2.17. The lowest BCUT2D eigenvalue weighted by molar-refractivity contribution is 0.0688. The molecule has 0 atom stereocenters. The van der Waals surface area contributed by atoms with Crippen LogP contribution in [0.2, 0.25) is 0 Å². The molecule has 0 spiro atoms. The molecule has 0 aliphatic rings. The number of carboxylic acids is 2. The van der Waals surface area contributed by atoms with Crippen molar-refractivity contribution in [3.8, 4) is 0 Å². The highest BCUT2D eigenvalue weighted by atomic mass is 16.4. The molecular formula is C13H17NO4. The first-order chi connectivity index (χ1) is 8.27. The molecule has 5 heteroatoms. The maximum Gasteiger partial charge on any atom is 0.354 e. The number of hydrogen-bond acceptors (Lipinski definition) is 3. The van der Waals surface area contributed by atoms with Gasteiger partial charge in [0.05, 0.1) is 5.56 Å². The van der Waals surface area contributed by atoms with Crippen LogP contribution in [0.1, 0.15) is 71.5 Å². The van der Waals surface area contributed by atoms with Crippen molar-refractivity contribution in [2.24, 2.45) is 0 Å². The van der Waals surface area contributed by atoms with Gasteiger partial charge in [-0.1, -0.05) is 27.7 Å². The fourth-order valence-corrected chi connectivity index (χ4v) is 1.95. The van der Waals surface area contributed by atoms with E-state index >= 15 is 0 Å². The van der Waals surface area contributed by atoms with Gasteiger partial charge in [-0.25, -0.2) is 14.6 Å². The maximum atomic E-state index is 11.4. The van der Waals surface area contributed by atoms with E-state index in [0.717, 1.165) is 0 Å². The van der Waals surface area contributed by atoms with Gasteiger partial charge in [0.2, 0.25) is 0 Å². The Hall–Kier alpha value is -1.91. The summed E-state index contributed by atoms with van der Waals surface area (Å²) in [6.45, 7) is 7.24. The van der Waals surface area contributed by atoms with E-state index in [4.69, 9.17) is 5.11 Å². The van der Waals surface area contributed by atoms with Gasteiger partial charge in [0.1, 0.15) is 0 Å². The lowest BCUT2D eigenvalue weighted by atomic mass is 9.89. The molecule has 1 aromatic rings. The molecular weight excluding hydrogens is 234 g/mol. The van der Waals surface area contributed by atoms with Gasteiger partial charge in [0.15, 0.2) is 5.69 Å². The molecule has 0 saturated heterocycles. The van der Waals surface area contributed by atoms with E-state index in [1.165, 1.54) is 6.20 Å². The second-order valence-corrected chi connectivity index (χ2v) is 4.77. The van der Waals surface area contributed by atoms with E-state index < -0.39 is 11.9 Å². The molecule has 0 amide bonds. The minimum Gasteiger partial charge on any atom is -0.478 e. The zero-order valence-corrected chi connectivity index (χ0v) is 10.9. The average molecular weight is 251 g/mol. The molecule has 0 radical (unpaired) electrons. The van der Waals surface area contributed by atoms with Crippen molar-refractivity contribution in [1.82, 2.24) is 4.98 Å². The molecule has 0 bridgehead atoms. The minimum absolute atomic E-state index is 0.0241. The van der Waals surface area contributed by atoms with Crippen molar-refractivity contribution in [3.63, 3.8) is 0 Å². The Morgan fingerprint density at radius 3 is 1.94 bits per heavy atom. The van der Waals surface area contributed by atoms with Crippen molar-refractivity contribution >= 4 is 11.9 Å². The molecule has 1 rings (SSSR count). The molecule has 0 aromatic carbocycles. The smallest absolute Gasteiger partial charge is 0.354 e. The van der Waals surface area contributed by atoms with Gasteiger partial charge in [-0.2, -0.15) is 0 Å². The van der Waals surface area contributed by atoms with E-state index in [-0.39, 0.29) is 23.1 Å². The number of hydrogen-bond donors (Lipinski definition) is 2. The Morgan fingerprint density at radius 1 is 1.06 bits per heavy atom. The Kier molecular flexibility index (Phi) is 4.06. The van der Waals surface area contributed by atoms with Gasteiger partial charge in [-0.05, 0) is 17.4 Å². The predicted octanol–water partition coefficient (Wildman–Crippen LogP) is 2.72. The first-order valence-corrected chi connectivity index (χ1v) is 5.76. The topological polar surface area (TPSA) is 87.5 Å². The van der Waals surface area contributed by atoms with Crippen molar-refractivity contribution in [1.29, 1.82) is 0 Å². The van der Waals surface area contributed by atoms with E-state index in [9.17, 15) is 14.7 Å². The molecule has 2 N–H and O–H groups in total. The standard InChI is InChI=1S/C13H17NO4/c1-6(2)8-5-14-11(13(17)18)9(7(3)4)10(8)12(15)16/h5-7H,1-4H3,(H,15,16)(H,17,18). The summed E-state index contributed by atoms with van der Waals surface area (Å²) in [5.74, 6) is -2.54.